The van der Waals surface area contributed by atoms with Gasteiger partial charge in [-0.3, -0.25) is 14.9 Å². The molecule has 2 rings (SSSR count). The van der Waals surface area contributed by atoms with Crippen LogP contribution in [0.5, 0.6) is 5.75 Å². The third kappa shape index (κ3) is 2.57. The number of amides is 1. The Labute approximate surface area is 115 Å². The highest BCUT2D eigenvalue weighted by atomic mass is 16.6. The molecule has 7 heteroatoms. The zero-order valence-corrected chi connectivity index (χ0v) is 11.1. The Kier molecular flexibility index (Phi) is 4.19. The molecule has 0 aromatic heterocycles. The summed E-state index contributed by atoms with van der Waals surface area (Å²) in [7, 11) is 1.36. The van der Waals surface area contributed by atoms with Crippen molar-refractivity contribution in [3.8, 4) is 5.75 Å². The quantitative estimate of drug-likeness (QED) is 0.660. The number of nitrogens with zero attached hydrogens (tertiary/aromatic N) is 2. The van der Waals surface area contributed by atoms with Gasteiger partial charge in [0.1, 0.15) is 5.75 Å². The van der Waals surface area contributed by atoms with E-state index in [-0.39, 0.29) is 35.6 Å². The van der Waals surface area contributed by atoms with Gasteiger partial charge in [0, 0.05) is 12.6 Å². The lowest BCUT2D eigenvalue weighted by Crippen LogP contribution is -2.37. The number of aliphatic hydroxyl groups excluding tert-OH is 1. The van der Waals surface area contributed by atoms with Crippen molar-refractivity contribution in [3.05, 3.63) is 33.9 Å². The molecule has 1 fully saturated rings. The molecule has 7 nitrogen and oxygen atoms in total. The topological polar surface area (TPSA) is 92.9 Å². The van der Waals surface area contributed by atoms with Gasteiger partial charge < -0.3 is 14.7 Å². The molecule has 1 unspecified atom stereocenters. The van der Waals surface area contributed by atoms with E-state index in [1.807, 2.05) is 0 Å². The predicted molar refractivity (Wildman–Crippen MR) is 70.8 cm³/mol. The molecule has 0 aliphatic carbocycles. The number of non-ortho nitro benzene ring substituents is 1. The van der Waals surface area contributed by atoms with Gasteiger partial charge in [-0.05, 0) is 18.9 Å². The van der Waals surface area contributed by atoms with E-state index in [0.29, 0.717) is 6.54 Å². The minimum absolute atomic E-state index is 0.0823. The van der Waals surface area contributed by atoms with Crippen molar-refractivity contribution in [2.75, 3.05) is 20.3 Å². The molecular weight excluding hydrogens is 264 g/mol. The summed E-state index contributed by atoms with van der Waals surface area (Å²) in [5.74, 6) is -0.0962. The van der Waals surface area contributed by atoms with Crippen LogP contribution in [0.3, 0.4) is 0 Å². The average molecular weight is 280 g/mol. The second-order valence-electron chi connectivity index (χ2n) is 4.62. The Hall–Kier alpha value is -2.15. The minimum Gasteiger partial charge on any atom is -0.496 e. The first-order chi connectivity index (χ1) is 9.58. The molecule has 0 radical (unpaired) electrons. The maximum Gasteiger partial charge on any atom is 0.273 e. The van der Waals surface area contributed by atoms with Gasteiger partial charge in [-0.15, -0.1) is 0 Å². The van der Waals surface area contributed by atoms with Gasteiger partial charge in [0.25, 0.3) is 11.6 Å². The Bertz CT molecular complexity index is 531. The fourth-order valence-corrected chi connectivity index (χ4v) is 2.42. The summed E-state index contributed by atoms with van der Waals surface area (Å²) >= 11 is 0. The molecule has 1 heterocycles. The molecule has 1 amide bonds. The van der Waals surface area contributed by atoms with Crippen LogP contribution in [-0.4, -0.2) is 47.1 Å². The molecule has 1 aliphatic heterocycles. The lowest BCUT2D eigenvalue weighted by molar-refractivity contribution is -0.384. The third-order valence-corrected chi connectivity index (χ3v) is 3.48. The Morgan fingerprint density at radius 3 is 2.95 bits per heavy atom. The number of benzene rings is 1. The molecule has 1 aromatic rings. The van der Waals surface area contributed by atoms with E-state index in [0.717, 1.165) is 12.8 Å². The lowest BCUT2D eigenvalue weighted by Gasteiger charge is -2.23. The normalized spacial score (nSPS) is 18.1. The van der Waals surface area contributed by atoms with Gasteiger partial charge in [0.2, 0.25) is 0 Å². The van der Waals surface area contributed by atoms with E-state index in [2.05, 4.69) is 0 Å². The Balaban J connectivity index is 2.32. The number of nitro groups is 1. The molecule has 1 N–H and O–H groups in total. The van der Waals surface area contributed by atoms with Crippen LogP contribution < -0.4 is 4.74 Å². The van der Waals surface area contributed by atoms with Crippen molar-refractivity contribution in [1.29, 1.82) is 0 Å². The van der Waals surface area contributed by atoms with Crippen LogP contribution in [-0.2, 0) is 0 Å². The number of nitro benzene ring substituents is 1. The first kappa shape index (κ1) is 14.3. The SMILES string of the molecule is COc1cc([N+](=O)[O-])ccc1C(=O)N1CCCC1CO. The molecule has 20 heavy (non-hydrogen) atoms. The summed E-state index contributed by atoms with van der Waals surface area (Å²) in [5.41, 5.74) is 0.150. The van der Waals surface area contributed by atoms with Crippen LogP contribution in [0.2, 0.25) is 0 Å². The Morgan fingerprint density at radius 1 is 1.60 bits per heavy atom. The number of methoxy groups -OCH3 is 1. The van der Waals surface area contributed by atoms with E-state index >= 15 is 0 Å². The van der Waals surface area contributed by atoms with Crippen molar-refractivity contribution >= 4 is 11.6 Å². The van der Waals surface area contributed by atoms with Crippen LogP contribution in [0, 0.1) is 10.1 Å². The summed E-state index contributed by atoms with van der Waals surface area (Å²) in [6.07, 6.45) is 1.60. The molecule has 1 aliphatic rings. The van der Waals surface area contributed by atoms with E-state index in [1.165, 1.54) is 25.3 Å². The number of hydrogen-bond donors (Lipinski definition) is 1. The number of hydrogen-bond acceptors (Lipinski definition) is 5. The predicted octanol–water partition coefficient (Wildman–Crippen LogP) is 1.20. The smallest absolute Gasteiger partial charge is 0.273 e. The average Bonchev–Trinajstić information content (AvgIpc) is 2.94. The van der Waals surface area contributed by atoms with Gasteiger partial charge in [-0.25, -0.2) is 0 Å². The minimum atomic E-state index is -0.539. The van der Waals surface area contributed by atoms with Crippen LogP contribution in [0.25, 0.3) is 0 Å². The summed E-state index contributed by atoms with van der Waals surface area (Å²) < 4.78 is 5.07. The van der Waals surface area contributed by atoms with Gasteiger partial charge in [0.05, 0.1) is 36.3 Å². The number of rotatable bonds is 4. The number of ether oxygens (including phenoxy) is 1. The van der Waals surface area contributed by atoms with Crippen LogP contribution in [0.1, 0.15) is 23.2 Å². The third-order valence-electron chi connectivity index (χ3n) is 3.48. The highest BCUT2D eigenvalue weighted by Gasteiger charge is 2.30. The molecular formula is C13H16N2O5. The van der Waals surface area contributed by atoms with E-state index in [4.69, 9.17) is 4.74 Å². The lowest BCUT2D eigenvalue weighted by atomic mass is 10.1. The molecule has 108 valence electrons. The van der Waals surface area contributed by atoms with E-state index in [9.17, 15) is 20.0 Å². The fraction of sp³-hybridized carbons (Fsp3) is 0.462. The van der Waals surface area contributed by atoms with Gasteiger partial charge in [0.15, 0.2) is 0 Å². The largest absolute Gasteiger partial charge is 0.496 e. The molecule has 1 aromatic carbocycles. The molecule has 1 saturated heterocycles. The van der Waals surface area contributed by atoms with E-state index in [1.54, 1.807) is 4.90 Å². The van der Waals surface area contributed by atoms with Crippen LogP contribution in [0.4, 0.5) is 5.69 Å². The van der Waals surface area contributed by atoms with Crippen molar-refractivity contribution in [1.82, 2.24) is 4.90 Å². The summed E-state index contributed by atoms with van der Waals surface area (Å²) in [6.45, 7) is 0.491. The maximum absolute atomic E-state index is 12.4. The number of aliphatic hydroxyl groups is 1. The molecule has 0 bridgehead atoms. The highest BCUT2D eigenvalue weighted by Crippen LogP contribution is 2.28. The van der Waals surface area contributed by atoms with Gasteiger partial charge in [-0.2, -0.15) is 0 Å². The molecule has 0 spiro atoms. The summed E-state index contributed by atoms with van der Waals surface area (Å²) in [6, 6.07) is 3.71. The number of carbonyl (C=O) groups is 1. The van der Waals surface area contributed by atoms with Crippen molar-refractivity contribution in [2.45, 2.75) is 18.9 Å². The fourth-order valence-electron chi connectivity index (χ4n) is 2.42. The van der Waals surface area contributed by atoms with E-state index < -0.39 is 4.92 Å². The molecule has 1 atom stereocenters. The van der Waals surface area contributed by atoms with Crippen molar-refractivity contribution < 1.29 is 19.6 Å². The maximum atomic E-state index is 12.4. The standard InChI is InChI=1S/C13H16N2O5/c1-20-12-7-9(15(18)19)4-5-11(12)13(17)14-6-2-3-10(14)8-16/h4-5,7,10,16H,2-3,6,8H2,1H3. The van der Waals surface area contributed by atoms with Crippen molar-refractivity contribution in [3.63, 3.8) is 0 Å². The van der Waals surface area contributed by atoms with Crippen molar-refractivity contribution in [2.24, 2.45) is 0 Å². The first-order valence-corrected chi connectivity index (χ1v) is 6.32. The zero-order chi connectivity index (χ0) is 14.7. The monoisotopic (exact) mass is 280 g/mol. The first-order valence-electron chi connectivity index (χ1n) is 6.32. The Morgan fingerprint density at radius 2 is 2.35 bits per heavy atom. The zero-order valence-electron chi connectivity index (χ0n) is 11.1. The number of likely N-dealkylation sites (tertiary alicyclic amines) is 1. The molecule has 0 saturated carbocycles. The van der Waals surface area contributed by atoms with Crippen LogP contribution >= 0.6 is 0 Å². The number of carbonyl (C=O) groups excluding carboxylic acids is 1. The van der Waals surface area contributed by atoms with Gasteiger partial charge >= 0.3 is 0 Å². The second-order valence-corrected chi connectivity index (χ2v) is 4.62. The summed E-state index contributed by atoms with van der Waals surface area (Å²) in [4.78, 5) is 24.2. The summed E-state index contributed by atoms with van der Waals surface area (Å²) in [5, 5.41) is 20.0. The van der Waals surface area contributed by atoms with Crippen LogP contribution in [0.15, 0.2) is 18.2 Å². The highest BCUT2D eigenvalue weighted by molar-refractivity contribution is 5.97. The van der Waals surface area contributed by atoms with Gasteiger partial charge in [-0.1, -0.05) is 0 Å². The second kappa shape index (κ2) is 5.87.